The second-order valence-corrected chi connectivity index (χ2v) is 2.26. The molecule has 0 aromatic heterocycles. The van der Waals surface area contributed by atoms with E-state index in [-0.39, 0.29) is 0 Å². The second kappa shape index (κ2) is 4.47. The molecular weight excluding hydrogens is 172 g/mol. The quantitative estimate of drug-likeness (QED) is 0.702. The molecule has 1 aromatic rings. The van der Waals surface area contributed by atoms with E-state index in [2.05, 4.69) is 10.8 Å². The van der Waals surface area contributed by atoms with Gasteiger partial charge < -0.3 is 14.6 Å². The first-order chi connectivity index (χ1) is 6.24. The molecule has 1 rings (SSSR count). The van der Waals surface area contributed by atoms with E-state index in [1.54, 1.807) is 24.3 Å². The predicted octanol–water partition coefficient (Wildman–Crippen LogP) is 0.923. The molecule has 0 aliphatic rings. The number of benzene rings is 1. The van der Waals surface area contributed by atoms with Crippen molar-refractivity contribution in [1.82, 2.24) is 0 Å². The van der Waals surface area contributed by atoms with Crippen LogP contribution in [0.4, 0.5) is 0 Å². The highest BCUT2D eigenvalue weighted by Gasteiger charge is 2.17. The van der Waals surface area contributed by atoms with Crippen molar-refractivity contribution in [2.75, 3.05) is 7.11 Å². The number of rotatable bonds is 4. The van der Waals surface area contributed by atoms with Gasteiger partial charge in [0.2, 0.25) is 0 Å². The van der Waals surface area contributed by atoms with Crippen LogP contribution in [0.5, 0.6) is 5.75 Å². The van der Waals surface area contributed by atoms with Gasteiger partial charge in [0.15, 0.2) is 0 Å². The summed E-state index contributed by atoms with van der Waals surface area (Å²) in [6, 6.07) is 9.25. The fourth-order valence-corrected chi connectivity index (χ4v) is 0.773. The zero-order valence-electron chi connectivity index (χ0n) is 7.06. The lowest BCUT2D eigenvalue weighted by Gasteiger charge is -2.12. The van der Waals surface area contributed by atoms with Gasteiger partial charge in [-0.2, -0.15) is 0 Å². The number of hydrogen-bond donors (Lipinski definition) is 1. The Balaban J connectivity index is 2.62. The van der Waals surface area contributed by atoms with Crippen molar-refractivity contribution in [3.63, 3.8) is 0 Å². The third-order valence-electron chi connectivity index (χ3n) is 1.35. The van der Waals surface area contributed by atoms with Gasteiger partial charge in [0, 0.05) is 7.11 Å². The molecule has 1 unspecified atom stereocenters. The minimum atomic E-state index is -1.26. The van der Waals surface area contributed by atoms with Gasteiger partial charge in [-0.3, -0.25) is 0 Å². The summed E-state index contributed by atoms with van der Waals surface area (Å²) in [5, 5.41) is 8.58. The molecular formula is C9H9O4. The Bertz CT molecular complexity index is 270. The number of ether oxygens (including phenoxy) is 2. The monoisotopic (exact) mass is 181 g/mol. The first-order valence-electron chi connectivity index (χ1n) is 3.62. The minimum absolute atomic E-state index is 0.438. The van der Waals surface area contributed by atoms with Gasteiger partial charge in [0.25, 0.3) is 6.29 Å². The van der Waals surface area contributed by atoms with Crippen molar-refractivity contribution >= 4 is 5.97 Å². The van der Waals surface area contributed by atoms with E-state index < -0.39 is 12.3 Å². The summed E-state index contributed by atoms with van der Waals surface area (Å²) in [4.78, 5) is 10.5. The predicted molar refractivity (Wildman–Crippen MR) is 44.3 cm³/mol. The van der Waals surface area contributed by atoms with Crippen molar-refractivity contribution in [1.29, 1.82) is 0 Å². The van der Waals surface area contributed by atoms with Crippen LogP contribution < -0.4 is 4.74 Å². The van der Waals surface area contributed by atoms with Crippen LogP contribution in [0.3, 0.4) is 0 Å². The van der Waals surface area contributed by atoms with Crippen LogP contribution in [-0.4, -0.2) is 24.5 Å². The molecule has 69 valence electrons. The SMILES string of the molecule is COC(Oc1cc[c]cc1)C(=O)O. The first kappa shape index (κ1) is 9.54. The van der Waals surface area contributed by atoms with Crippen molar-refractivity contribution in [2.45, 2.75) is 6.29 Å². The highest BCUT2D eigenvalue weighted by atomic mass is 16.7. The van der Waals surface area contributed by atoms with Crippen LogP contribution in [0.2, 0.25) is 0 Å². The Kier molecular flexibility index (Phi) is 3.28. The average Bonchev–Trinajstić information content (AvgIpc) is 2.15. The standard InChI is InChI=1S/C9H9O4/c1-12-9(8(10)11)13-7-5-3-2-4-6-7/h3-6,9H,1H3,(H,10,11). The van der Waals surface area contributed by atoms with E-state index in [1.165, 1.54) is 7.11 Å². The normalized spacial score (nSPS) is 12.1. The second-order valence-electron chi connectivity index (χ2n) is 2.26. The fourth-order valence-electron chi connectivity index (χ4n) is 0.773. The van der Waals surface area contributed by atoms with Crippen LogP contribution >= 0.6 is 0 Å². The van der Waals surface area contributed by atoms with Crippen LogP contribution in [0, 0.1) is 6.07 Å². The van der Waals surface area contributed by atoms with Gasteiger partial charge in [-0.15, -0.1) is 0 Å². The molecule has 0 fully saturated rings. The molecule has 1 N–H and O–H groups in total. The Morgan fingerprint density at radius 3 is 2.62 bits per heavy atom. The average molecular weight is 181 g/mol. The van der Waals surface area contributed by atoms with Gasteiger partial charge in [-0.1, -0.05) is 12.1 Å². The largest absolute Gasteiger partial charge is 0.477 e. The molecule has 1 radical (unpaired) electrons. The molecule has 0 saturated heterocycles. The Morgan fingerprint density at radius 2 is 2.15 bits per heavy atom. The molecule has 1 aromatic carbocycles. The van der Waals surface area contributed by atoms with E-state index in [0.717, 1.165) is 0 Å². The summed E-state index contributed by atoms with van der Waals surface area (Å²) >= 11 is 0. The maximum Gasteiger partial charge on any atom is 0.373 e. The van der Waals surface area contributed by atoms with Gasteiger partial charge in [-0.05, 0) is 18.2 Å². The molecule has 4 heteroatoms. The van der Waals surface area contributed by atoms with E-state index in [1.807, 2.05) is 0 Å². The maximum atomic E-state index is 10.5. The number of carboxylic acid groups (broad SMARTS) is 1. The summed E-state index contributed by atoms with van der Waals surface area (Å²) in [6.45, 7) is 0. The highest BCUT2D eigenvalue weighted by molar-refractivity contribution is 5.71. The zero-order chi connectivity index (χ0) is 9.68. The number of carbonyl (C=O) groups is 1. The molecule has 13 heavy (non-hydrogen) atoms. The van der Waals surface area contributed by atoms with Crippen LogP contribution in [-0.2, 0) is 9.53 Å². The first-order valence-corrected chi connectivity index (χ1v) is 3.62. The zero-order valence-corrected chi connectivity index (χ0v) is 7.06. The molecule has 0 heterocycles. The molecule has 0 aliphatic heterocycles. The lowest BCUT2D eigenvalue weighted by atomic mass is 10.3. The molecule has 0 aliphatic carbocycles. The number of carboxylic acids is 1. The Morgan fingerprint density at radius 1 is 1.54 bits per heavy atom. The van der Waals surface area contributed by atoms with E-state index in [0.29, 0.717) is 5.75 Å². The summed E-state index contributed by atoms with van der Waals surface area (Å²) in [7, 11) is 1.27. The Hall–Kier alpha value is -1.55. The highest BCUT2D eigenvalue weighted by Crippen LogP contribution is 2.10. The summed E-state index contributed by atoms with van der Waals surface area (Å²) in [5.74, 6) is -0.719. The Labute approximate surface area is 75.7 Å². The van der Waals surface area contributed by atoms with E-state index >= 15 is 0 Å². The van der Waals surface area contributed by atoms with E-state index in [4.69, 9.17) is 9.84 Å². The topological polar surface area (TPSA) is 55.8 Å². The van der Waals surface area contributed by atoms with Crippen molar-refractivity contribution in [2.24, 2.45) is 0 Å². The molecule has 0 saturated carbocycles. The molecule has 0 amide bonds. The van der Waals surface area contributed by atoms with Crippen LogP contribution in [0.15, 0.2) is 24.3 Å². The van der Waals surface area contributed by atoms with Crippen molar-refractivity contribution in [3.8, 4) is 5.75 Å². The smallest absolute Gasteiger partial charge is 0.373 e. The van der Waals surface area contributed by atoms with Crippen molar-refractivity contribution in [3.05, 3.63) is 30.3 Å². The lowest BCUT2D eigenvalue weighted by Crippen LogP contribution is -2.28. The van der Waals surface area contributed by atoms with Crippen LogP contribution in [0.1, 0.15) is 0 Å². The molecule has 0 spiro atoms. The van der Waals surface area contributed by atoms with Gasteiger partial charge in [-0.25, -0.2) is 4.79 Å². The molecule has 4 nitrogen and oxygen atoms in total. The van der Waals surface area contributed by atoms with E-state index in [9.17, 15) is 4.79 Å². The van der Waals surface area contributed by atoms with Gasteiger partial charge in [0.05, 0.1) is 0 Å². The third kappa shape index (κ3) is 2.76. The lowest BCUT2D eigenvalue weighted by molar-refractivity contribution is -0.166. The molecule has 0 bridgehead atoms. The van der Waals surface area contributed by atoms with Crippen LogP contribution in [0.25, 0.3) is 0 Å². The molecule has 1 atom stereocenters. The number of aliphatic carboxylic acids is 1. The van der Waals surface area contributed by atoms with Crippen molar-refractivity contribution < 1.29 is 19.4 Å². The third-order valence-corrected chi connectivity index (χ3v) is 1.35. The number of methoxy groups -OCH3 is 1. The summed E-state index contributed by atoms with van der Waals surface area (Å²) in [6.07, 6.45) is -1.26. The van der Waals surface area contributed by atoms with Gasteiger partial charge in [0.1, 0.15) is 5.75 Å². The fraction of sp³-hybridized carbons (Fsp3) is 0.222. The van der Waals surface area contributed by atoms with Gasteiger partial charge >= 0.3 is 5.97 Å². The minimum Gasteiger partial charge on any atom is -0.477 e. The number of hydrogen-bond acceptors (Lipinski definition) is 3. The summed E-state index contributed by atoms with van der Waals surface area (Å²) in [5.41, 5.74) is 0. The summed E-state index contributed by atoms with van der Waals surface area (Å²) < 4.78 is 9.57. The maximum absolute atomic E-state index is 10.5.